The molecule has 1 N–H and O–H groups in total. The number of hydrogen-bond donors (Lipinski definition) is 1. The molecule has 6 heteroatoms. The van der Waals surface area contributed by atoms with Gasteiger partial charge in [-0.25, -0.2) is 4.68 Å². The van der Waals surface area contributed by atoms with Crippen LogP contribution in [-0.4, -0.2) is 20.8 Å². The fourth-order valence-corrected chi connectivity index (χ4v) is 1.85. The second-order valence-electron chi connectivity index (χ2n) is 3.96. The van der Waals surface area contributed by atoms with Crippen LogP contribution in [0.5, 0.6) is 0 Å². The van der Waals surface area contributed by atoms with E-state index < -0.39 is 0 Å². The lowest BCUT2D eigenvalue weighted by Crippen LogP contribution is -2.17. The molecular formula is C12H16N4O2. The van der Waals surface area contributed by atoms with E-state index in [9.17, 15) is 4.79 Å². The first-order chi connectivity index (χ1) is 8.76. The van der Waals surface area contributed by atoms with E-state index in [2.05, 4.69) is 29.4 Å². The van der Waals surface area contributed by atoms with E-state index in [1.54, 1.807) is 12.3 Å². The fraction of sp³-hybridized carbons (Fsp3) is 0.417. The summed E-state index contributed by atoms with van der Waals surface area (Å²) < 4.78 is 6.63. The highest BCUT2D eigenvalue weighted by molar-refractivity contribution is 6.01. The number of amides is 1. The summed E-state index contributed by atoms with van der Waals surface area (Å²) in [5, 5.41) is 10.5. The Morgan fingerprint density at radius 1 is 1.39 bits per heavy atom. The number of hydrogen-bond acceptors (Lipinski definition) is 4. The molecule has 0 unspecified atom stereocenters. The Balaban J connectivity index is 2.15. The number of nitrogens with zero attached hydrogens (tertiary/aromatic N) is 3. The van der Waals surface area contributed by atoms with E-state index >= 15 is 0 Å². The standard InChI is InChI=1S/C12H16N4O2/c1-3-9(4-2)16-11(6-7-13-16)15-12(17)10-5-8-14-18-10/h5-9H,3-4H2,1-2H3,(H,15,17). The summed E-state index contributed by atoms with van der Waals surface area (Å²) in [5.41, 5.74) is 0. The number of carbonyl (C=O) groups excluding carboxylic acids is 1. The van der Waals surface area contributed by atoms with E-state index in [-0.39, 0.29) is 17.7 Å². The topological polar surface area (TPSA) is 73.0 Å². The molecule has 2 heterocycles. The Bertz CT molecular complexity index is 500. The molecule has 1 amide bonds. The van der Waals surface area contributed by atoms with Gasteiger partial charge in [0, 0.05) is 12.1 Å². The molecule has 0 bridgehead atoms. The van der Waals surface area contributed by atoms with E-state index in [1.165, 1.54) is 12.3 Å². The molecule has 0 saturated heterocycles. The Labute approximate surface area is 105 Å². The first kappa shape index (κ1) is 12.3. The highest BCUT2D eigenvalue weighted by Gasteiger charge is 2.15. The largest absolute Gasteiger partial charge is 0.351 e. The molecule has 0 saturated carbocycles. The Morgan fingerprint density at radius 3 is 2.78 bits per heavy atom. The highest BCUT2D eigenvalue weighted by Crippen LogP contribution is 2.20. The maximum Gasteiger partial charge on any atom is 0.295 e. The zero-order chi connectivity index (χ0) is 13.0. The van der Waals surface area contributed by atoms with Crippen LogP contribution in [0, 0.1) is 0 Å². The summed E-state index contributed by atoms with van der Waals surface area (Å²) in [6.45, 7) is 4.19. The number of carbonyl (C=O) groups is 1. The first-order valence-corrected chi connectivity index (χ1v) is 6.01. The van der Waals surface area contributed by atoms with Crippen molar-refractivity contribution in [3.8, 4) is 0 Å². The van der Waals surface area contributed by atoms with Crippen LogP contribution in [0.3, 0.4) is 0 Å². The van der Waals surface area contributed by atoms with Gasteiger partial charge in [-0.3, -0.25) is 4.79 Å². The SMILES string of the molecule is CCC(CC)n1nccc1NC(=O)c1ccno1. The summed E-state index contributed by atoms with van der Waals surface area (Å²) in [5.74, 6) is 0.539. The molecule has 0 atom stereocenters. The predicted molar refractivity (Wildman–Crippen MR) is 66.3 cm³/mol. The second-order valence-corrected chi connectivity index (χ2v) is 3.96. The van der Waals surface area contributed by atoms with Gasteiger partial charge in [0.2, 0.25) is 5.76 Å². The van der Waals surface area contributed by atoms with Gasteiger partial charge in [-0.05, 0) is 12.8 Å². The van der Waals surface area contributed by atoms with Crippen LogP contribution in [0.2, 0.25) is 0 Å². The predicted octanol–water partition coefficient (Wildman–Crippen LogP) is 2.48. The maximum atomic E-state index is 11.8. The Kier molecular flexibility index (Phi) is 3.76. The van der Waals surface area contributed by atoms with Gasteiger partial charge in [0.25, 0.3) is 5.91 Å². The minimum absolute atomic E-state index is 0.187. The zero-order valence-electron chi connectivity index (χ0n) is 10.5. The van der Waals surface area contributed by atoms with Gasteiger partial charge in [0.15, 0.2) is 0 Å². The minimum Gasteiger partial charge on any atom is -0.351 e. The quantitative estimate of drug-likeness (QED) is 0.882. The van der Waals surface area contributed by atoms with Crippen molar-refractivity contribution in [3.05, 3.63) is 30.3 Å². The molecule has 0 aromatic carbocycles. The summed E-state index contributed by atoms with van der Waals surface area (Å²) in [7, 11) is 0. The van der Waals surface area contributed by atoms with Crippen LogP contribution in [0.25, 0.3) is 0 Å². The van der Waals surface area contributed by atoms with Crippen LogP contribution >= 0.6 is 0 Å². The van der Waals surface area contributed by atoms with Crippen LogP contribution in [0.15, 0.2) is 29.0 Å². The lowest BCUT2D eigenvalue weighted by atomic mass is 10.2. The summed E-state index contributed by atoms with van der Waals surface area (Å²) in [6.07, 6.45) is 5.04. The van der Waals surface area contributed by atoms with E-state index in [1.807, 2.05) is 4.68 Å². The highest BCUT2D eigenvalue weighted by atomic mass is 16.5. The molecule has 0 fully saturated rings. The van der Waals surface area contributed by atoms with Crippen molar-refractivity contribution in [2.75, 3.05) is 5.32 Å². The maximum absolute atomic E-state index is 11.8. The van der Waals surface area contributed by atoms with Gasteiger partial charge in [-0.2, -0.15) is 5.10 Å². The van der Waals surface area contributed by atoms with Crippen molar-refractivity contribution >= 4 is 11.7 Å². The zero-order valence-corrected chi connectivity index (χ0v) is 10.5. The molecule has 2 rings (SSSR count). The molecule has 0 radical (unpaired) electrons. The van der Waals surface area contributed by atoms with E-state index in [0.29, 0.717) is 5.82 Å². The van der Waals surface area contributed by atoms with Gasteiger partial charge in [0.1, 0.15) is 5.82 Å². The monoisotopic (exact) mass is 248 g/mol. The third-order valence-electron chi connectivity index (χ3n) is 2.86. The molecular weight excluding hydrogens is 232 g/mol. The normalized spacial score (nSPS) is 10.8. The van der Waals surface area contributed by atoms with Gasteiger partial charge in [-0.1, -0.05) is 19.0 Å². The first-order valence-electron chi connectivity index (χ1n) is 6.01. The van der Waals surface area contributed by atoms with Crippen molar-refractivity contribution in [3.63, 3.8) is 0 Å². The smallest absolute Gasteiger partial charge is 0.295 e. The molecule has 96 valence electrons. The minimum atomic E-state index is -0.319. The molecule has 2 aromatic heterocycles. The van der Waals surface area contributed by atoms with Gasteiger partial charge >= 0.3 is 0 Å². The Morgan fingerprint density at radius 2 is 2.17 bits per heavy atom. The lowest BCUT2D eigenvalue weighted by molar-refractivity contribution is 0.0986. The summed E-state index contributed by atoms with van der Waals surface area (Å²) in [4.78, 5) is 11.8. The number of nitrogens with one attached hydrogen (secondary N) is 1. The number of aromatic nitrogens is 3. The fourth-order valence-electron chi connectivity index (χ4n) is 1.85. The van der Waals surface area contributed by atoms with E-state index in [0.717, 1.165) is 12.8 Å². The van der Waals surface area contributed by atoms with Crippen molar-refractivity contribution in [2.45, 2.75) is 32.7 Å². The molecule has 2 aromatic rings. The van der Waals surface area contributed by atoms with Gasteiger partial charge in [0.05, 0.1) is 18.4 Å². The van der Waals surface area contributed by atoms with Crippen molar-refractivity contribution in [2.24, 2.45) is 0 Å². The van der Waals surface area contributed by atoms with E-state index in [4.69, 9.17) is 4.52 Å². The second kappa shape index (κ2) is 5.48. The average molecular weight is 248 g/mol. The number of rotatable bonds is 5. The third kappa shape index (κ3) is 2.42. The summed E-state index contributed by atoms with van der Waals surface area (Å²) >= 11 is 0. The molecule has 18 heavy (non-hydrogen) atoms. The number of anilines is 1. The van der Waals surface area contributed by atoms with Crippen LogP contribution in [0.4, 0.5) is 5.82 Å². The Hall–Kier alpha value is -2.11. The van der Waals surface area contributed by atoms with Crippen molar-refractivity contribution in [1.82, 2.24) is 14.9 Å². The van der Waals surface area contributed by atoms with Gasteiger partial charge < -0.3 is 9.84 Å². The molecule has 0 spiro atoms. The molecule has 0 aliphatic carbocycles. The average Bonchev–Trinajstić information content (AvgIpc) is 3.02. The van der Waals surface area contributed by atoms with Crippen LogP contribution in [-0.2, 0) is 0 Å². The molecule has 0 aliphatic rings. The summed E-state index contributed by atoms with van der Waals surface area (Å²) in [6, 6.07) is 3.57. The molecule has 6 nitrogen and oxygen atoms in total. The third-order valence-corrected chi connectivity index (χ3v) is 2.86. The molecule has 0 aliphatic heterocycles. The van der Waals surface area contributed by atoms with Crippen LogP contribution in [0.1, 0.15) is 43.3 Å². The van der Waals surface area contributed by atoms with Crippen LogP contribution < -0.4 is 5.32 Å². The van der Waals surface area contributed by atoms with Gasteiger partial charge in [-0.15, -0.1) is 0 Å². The lowest BCUT2D eigenvalue weighted by Gasteiger charge is -2.16. The van der Waals surface area contributed by atoms with Crippen molar-refractivity contribution < 1.29 is 9.32 Å². The van der Waals surface area contributed by atoms with Crippen molar-refractivity contribution in [1.29, 1.82) is 0 Å².